The van der Waals surface area contributed by atoms with Crippen molar-refractivity contribution in [1.82, 2.24) is 5.32 Å². The molecule has 1 N–H and O–H groups in total. The average molecular weight is 261 g/mol. The maximum absolute atomic E-state index is 13.0. The van der Waals surface area contributed by atoms with Gasteiger partial charge in [0.1, 0.15) is 0 Å². The quantitative estimate of drug-likeness (QED) is 0.852. The van der Waals surface area contributed by atoms with Crippen molar-refractivity contribution in [3.63, 3.8) is 0 Å². The first kappa shape index (κ1) is 14.3. The van der Waals surface area contributed by atoms with Crippen LogP contribution in [0, 0.1) is 11.6 Å². The van der Waals surface area contributed by atoms with Crippen molar-refractivity contribution in [1.29, 1.82) is 0 Å². The van der Waals surface area contributed by atoms with Crippen LogP contribution in [0.4, 0.5) is 8.78 Å². The van der Waals surface area contributed by atoms with E-state index in [0.717, 1.165) is 25.0 Å². The smallest absolute Gasteiger partial charge is 0.160 e. The van der Waals surface area contributed by atoms with Crippen molar-refractivity contribution in [2.24, 2.45) is 0 Å². The molecule has 0 saturated carbocycles. The standard InChI is InChI=1S/C12H17F2NOS/c1-3-4-9(15-2)8-17(16)10-5-6-11(13)12(14)7-10/h5-7,9,15H,3-4,8H2,1-2H3. The van der Waals surface area contributed by atoms with Gasteiger partial charge in [-0.2, -0.15) is 0 Å². The number of nitrogens with one attached hydrogen (secondary N) is 1. The molecule has 2 unspecified atom stereocenters. The van der Waals surface area contributed by atoms with E-state index in [4.69, 9.17) is 0 Å². The highest BCUT2D eigenvalue weighted by atomic mass is 32.2. The van der Waals surface area contributed by atoms with Gasteiger partial charge in [-0.05, 0) is 31.7 Å². The van der Waals surface area contributed by atoms with Crippen LogP contribution in [0.25, 0.3) is 0 Å². The van der Waals surface area contributed by atoms with Crippen LogP contribution in [0.5, 0.6) is 0 Å². The summed E-state index contributed by atoms with van der Waals surface area (Å²) in [6.07, 6.45) is 1.90. The molecule has 0 fully saturated rings. The fraction of sp³-hybridized carbons (Fsp3) is 0.500. The van der Waals surface area contributed by atoms with Crippen molar-refractivity contribution in [2.45, 2.75) is 30.7 Å². The van der Waals surface area contributed by atoms with E-state index >= 15 is 0 Å². The monoisotopic (exact) mass is 261 g/mol. The zero-order valence-corrected chi connectivity index (χ0v) is 10.8. The molecule has 5 heteroatoms. The van der Waals surface area contributed by atoms with Gasteiger partial charge in [-0.15, -0.1) is 0 Å². The zero-order valence-electron chi connectivity index (χ0n) is 10.0. The Hall–Kier alpha value is -0.810. The minimum absolute atomic E-state index is 0.133. The van der Waals surface area contributed by atoms with Crippen molar-refractivity contribution in [3.8, 4) is 0 Å². The number of benzene rings is 1. The lowest BCUT2D eigenvalue weighted by Crippen LogP contribution is -2.30. The van der Waals surface area contributed by atoms with Gasteiger partial charge in [0.2, 0.25) is 0 Å². The van der Waals surface area contributed by atoms with E-state index < -0.39 is 22.4 Å². The summed E-state index contributed by atoms with van der Waals surface area (Å²) >= 11 is 0. The lowest BCUT2D eigenvalue weighted by molar-refractivity contribution is 0.505. The SMILES string of the molecule is CCCC(CS(=O)c1ccc(F)c(F)c1)NC. The molecule has 1 rings (SSSR count). The molecule has 2 atom stereocenters. The third-order valence-corrected chi connectivity index (χ3v) is 4.04. The maximum Gasteiger partial charge on any atom is 0.160 e. The molecule has 2 nitrogen and oxygen atoms in total. The second kappa shape index (κ2) is 6.81. The second-order valence-electron chi connectivity index (χ2n) is 3.86. The third-order valence-electron chi connectivity index (χ3n) is 2.55. The van der Waals surface area contributed by atoms with E-state index in [2.05, 4.69) is 5.32 Å². The topological polar surface area (TPSA) is 29.1 Å². The van der Waals surface area contributed by atoms with E-state index in [1.165, 1.54) is 6.07 Å². The van der Waals surface area contributed by atoms with Crippen molar-refractivity contribution in [3.05, 3.63) is 29.8 Å². The highest BCUT2D eigenvalue weighted by Gasteiger charge is 2.13. The first-order valence-electron chi connectivity index (χ1n) is 5.59. The van der Waals surface area contributed by atoms with Crippen LogP contribution in [0.3, 0.4) is 0 Å². The molecule has 0 saturated heterocycles. The van der Waals surface area contributed by atoms with Gasteiger partial charge in [-0.1, -0.05) is 13.3 Å². The molecule has 0 aliphatic carbocycles. The predicted molar refractivity (Wildman–Crippen MR) is 65.4 cm³/mol. The highest BCUT2D eigenvalue weighted by molar-refractivity contribution is 7.85. The summed E-state index contributed by atoms with van der Waals surface area (Å²) in [6.45, 7) is 2.05. The van der Waals surface area contributed by atoms with E-state index in [9.17, 15) is 13.0 Å². The second-order valence-corrected chi connectivity index (χ2v) is 5.36. The van der Waals surface area contributed by atoms with Crippen LogP contribution in [0.2, 0.25) is 0 Å². The molecule has 0 amide bonds. The molecule has 17 heavy (non-hydrogen) atoms. The Bertz CT molecular complexity index is 398. The first-order chi connectivity index (χ1) is 8.08. The summed E-state index contributed by atoms with van der Waals surface area (Å²) in [5.74, 6) is -1.45. The third kappa shape index (κ3) is 4.16. The minimum atomic E-state index is -1.30. The molecular formula is C12H17F2NOS. The van der Waals surface area contributed by atoms with Crippen molar-refractivity contribution < 1.29 is 13.0 Å². The number of rotatable bonds is 6. The van der Waals surface area contributed by atoms with E-state index in [-0.39, 0.29) is 6.04 Å². The number of hydrogen-bond acceptors (Lipinski definition) is 2. The lowest BCUT2D eigenvalue weighted by atomic mass is 10.2. The summed E-state index contributed by atoms with van der Waals surface area (Å²) in [4.78, 5) is 0.334. The van der Waals surface area contributed by atoms with Crippen LogP contribution < -0.4 is 5.32 Å². The maximum atomic E-state index is 13.0. The highest BCUT2D eigenvalue weighted by Crippen LogP contribution is 2.13. The fourth-order valence-electron chi connectivity index (χ4n) is 1.56. The number of hydrogen-bond donors (Lipinski definition) is 1. The van der Waals surface area contributed by atoms with Gasteiger partial charge in [0.05, 0.1) is 10.8 Å². The van der Waals surface area contributed by atoms with E-state index in [1.54, 1.807) is 0 Å². The Labute approximate surface area is 103 Å². The lowest BCUT2D eigenvalue weighted by Gasteiger charge is -2.14. The van der Waals surface area contributed by atoms with Crippen LogP contribution in [-0.4, -0.2) is 23.1 Å². The Kier molecular flexibility index (Phi) is 5.71. The average Bonchev–Trinajstić information content (AvgIpc) is 2.31. The van der Waals surface area contributed by atoms with Gasteiger partial charge in [-0.25, -0.2) is 8.78 Å². The van der Waals surface area contributed by atoms with E-state index in [0.29, 0.717) is 10.6 Å². The van der Waals surface area contributed by atoms with E-state index in [1.807, 2.05) is 14.0 Å². The summed E-state index contributed by atoms with van der Waals surface area (Å²) in [7, 11) is 0.506. The predicted octanol–water partition coefficient (Wildman–Crippen LogP) is 2.46. The number of halogens is 2. The first-order valence-corrected chi connectivity index (χ1v) is 6.91. The fourth-order valence-corrected chi connectivity index (χ4v) is 2.90. The van der Waals surface area contributed by atoms with Gasteiger partial charge in [0, 0.05) is 16.7 Å². The normalized spacial score (nSPS) is 14.6. The Morgan fingerprint density at radius 2 is 2.06 bits per heavy atom. The summed E-state index contributed by atoms with van der Waals surface area (Å²) in [6, 6.07) is 3.52. The molecule has 0 aliphatic heterocycles. The molecule has 0 radical (unpaired) electrons. The Balaban J connectivity index is 2.72. The zero-order chi connectivity index (χ0) is 12.8. The van der Waals surface area contributed by atoms with Gasteiger partial charge in [0.15, 0.2) is 11.6 Å². The molecule has 0 spiro atoms. The molecule has 0 aliphatic rings. The Morgan fingerprint density at radius 3 is 2.59 bits per heavy atom. The molecule has 1 aromatic rings. The molecule has 96 valence electrons. The van der Waals surface area contributed by atoms with Crippen LogP contribution in [-0.2, 0) is 10.8 Å². The summed E-state index contributed by atoms with van der Waals surface area (Å²) in [5, 5.41) is 3.07. The van der Waals surface area contributed by atoms with Crippen molar-refractivity contribution in [2.75, 3.05) is 12.8 Å². The minimum Gasteiger partial charge on any atom is -0.316 e. The van der Waals surface area contributed by atoms with Crippen LogP contribution >= 0.6 is 0 Å². The molecule has 1 aromatic carbocycles. The molecule has 0 aromatic heterocycles. The van der Waals surface area contributed by atoms with Gasteiger partial charge >= 0.3 is 0 Å². The van der Waals surface area contributed by atoms with Gasteiger partial charge < -0.3 is 5.32 Å². The largest absolute Gasteiger partial charge is 0.316 e. The summed E-state index contributed by atoms with van der Waals surface area (Å²) < 4.78 is 37.6. The Morgan fingerprint density at radius 1 is 1.35 bits per heavy atom. The van der Waals surface area contributed by atoms with Crippen LogP contribution in [0.1, 0.15) is 19.8 Å². The molecule has 0 heterocycles. The molecular weight excluding hydrogens is 244 g/mol. The van der Waals surface area contributed by atoms with Gasteiger partial charge in [-0.3, -0.25) is 4.21 Å². The van der Waals surface area contributed by atoms with Crippen molar-refractivity contribution >= 4 is 10.8 Å². The summed E-state index contributed by atoms with van der Waals surface area (Å²) in [5.41, 5.74) is 0. The molecule has 0 bridgehead atoms. The van der Waals surface area contributed by atoms with Crippen LogP contribution in [0.15, 0.2) is 23.1 Å². The van der Waals surface area contributed by atoms with Gasteiger partial charge in [0.25, 0.3) is 0 Å².